The number of aryl methyl sites for hydroxylation is 1. The number of pyridine rings is 1. The molecule has 0 aliphatic carbocycles. The third-order valence-corrected chi connectivity index (χ3v) is 4.10. The number of ether oxygens (including phenoxy) is 1. The van der Waals surface area contributed by atoms with Crippen molar-refractivity contribution < 1.29 is 13.9 Å². The van der Waals surface area contributed by atoms with Crippen LogP contribution in [0.25, 0.3) is 11.0 Å². The summed E-state index contributed by atoms with van der Waals surface area (Å²) in [4.78, 5) is 16.1. The molecule has 0 unspecified atom stereocenters. The van der Waals surface area contributed by atoms with Gasteiger partial charge in [-0.05, 0) is 43.7 Å². The van der Waals surface area contributed by atoms with E-state index in [2.05, 4.69) is 15.6 Å². The molecule has 0 fully saturated rings. The van der Waals surface area contributed by atoms with Crippen LogP contribution in [0, 0.1) is 6.92 Å². The van der Waals surface area contributed by atoms with Crippen molar-refractivity contribution in [2.75, 3.05) is 7.11 Å². The van der Waals surface area contributed by atoms with Crippen LogP contribution < -0.4 is 15.4 Å². The molecule has 6 nitrogen and oxygen atoms in total. The Hall–Kier alpha value is -3.02. The fraction of sp³-hybridized carbons (Fsp3) is 0.263. The molecule has 0 saturated carbocycles. The van der Waals surface area contributed by atoms with E-state index < -0.39 is 0 Å². The fourth-order valence-corrected chi connectivity index (χ4v) is 2.76. The Kier molecular flexibility index (Phi) is 4.88. The van der Waals surface area contributed by atoms with E-state index in [1.165, 1.54) is 0 Å². The summed E-state index contributed by atoms with van der Waals surface area (Å²) in [6.07, 6.45) is 3.42. The maximum absolute atomic E-state index is 12.1. The van der Waals surface area contributed by atoms with Crippen LogP contribution in [0.1, 0.15) is 29.9 Å². The Bertz CT molecular complexity index is 874. The lowest BCUT2D eigenvalue weighted by atomic mass is 10.1. The predicted octanol–water partition coefficient (Wildman–Crippen LogP) is 3.71. The SMILES string of the molecule is COc1ccc2oc([C@@H](C)NC(=O)NCc3cccnc3)c(C)c2c1. The van der Waals surface area contributed by atoms with Gasteiger partial charge in [-0.25, -0.2) is 4.79 Å². The van der Waals surface area contributed by atoms with E-state index in [1.54, 1.807) is 19.5 Å². The molecule has 1 atom stereocenters. The smallest absolute Gasteiger partial charge is 0.315 e. The predicted molar refractivity (Wildman–Crippen MR) is 95.5 cm³/mol. The first kappa shape index (κ1) is 16.8. The van der Waals surface area contributed by atoms with Gasteiger partial charge in [0.1, 0.15) is 17.1 Å². The van der Waals surface area contributed by atoms with Crippen LogP contribution in [0.4, 0.5) is 4.79 Å². The first-order valence-corrected chi connectivity index (χ1v) is 8.09. The van der Waals surface area contributed by atoms with Gasteiger partial charge in [0, 0.05) is 29.9 Å². The minimum Gasteiger partial charge on any atom is -0.497 e. The zero-order valence-electron chi connectivity index (χ0n) is 14.5. The third-order valence-electron chi connectivity index (χ3n) is 4.10. The van der Waals surface area contributed by atoms with Crippen molar-refractivity contribution in [1.82, 2.24) is 15.6 Å². The van der Waals surface area contributed by atoms with Gasteiger partial charge in [0.2, 0.25) is 0 Å². The van der Waals surface area contributed by atoms with Crippen molar-refractivity contribution in [3.05, 3.63) is 59.6 Å². The van der Waals surface area contributed by atoms with Gasteiger partial charge in [-0.15, -0.1) is 0 Å². The van der Waals surface area contributed by atoms with Gasteiger partial charge in [-0.2, -0.15) is 0 Å². The summed E-state index contributed by atoms with van der Waals surface area (Å²) in [7, 11) is 1.63. The lowest BCUT2D eigenvalue weighted by Crippen LogP contribution is -2.36. The van der Waals surface area contributed by atoms with Gasteiger partial charge < -0.3 is 19.8 Å². The minimum absolute atomic E-state index is 0.256. The van der Waals surface area contributed by atoms with Crippen LogP contribution in [0.5, 0.6) is 5.75 Å². The number of aromatic nitrogens is 1. The average Bonchev–Trinajstić information content (AvgIpc) is 2.97. The van der Waals surface area contributed by atoms with E-state index in [1.807, 2.05) is 44.2 Å². The lowest BCUT2D eigenvalue weighted by molar-refractivity contribution is 0.236. The number of nitrogens with zero attached hydrogens (tertiary/aromatic N) is 1. The molecule has 2 N–H and O–H groups in total. The standard InChI is InChI=1S/C19H21N3O3/c1-12-16-9-15(24-3)6-7-17(16)25-18(12)13(2)22-19(23)21-11-14-5-4-8-20-10-14/h4-10,13H,11H2,1-3H3,(H2,21,22,23)/t13-/m1/s1. The van der Waals surface area contributed by atoms with Crippen LogP contribution >= 0.6 is 0 Å². The number of rotatable bonds is 5. The Morgan fingerprint density at radius 3 is 2.92 bits per heavy atom. The van der Waals surface area contributed by atoms with Gasteiger partial charge in [0.05, 0.1) is 13.2 Å². The first-order valence-electron chi connectivity index (χ1n) is 8.09. The number of amides is 2. The zero-order valence-corrected chi connectivity index (χ0v) is 14.5. The zero-order chi connectivity index (χ0) is 17.8. The molecule has 0 saturated heterocycles. The monoisotopic (exact) mass is 339 g/mol. The molecule has 3 rings (SSSR count). The van der Waals surface area contributed by atoms with Crippen molar-refractivity contribution in [2.24, 2.45) is 0 Å². The van der Waals surface area contributed by atoms with Crippen LogP contribution in [0.2, 0.25) is 0 Å². The van der Waals surface area contributed by atoms with Crippen LogP contribution in [0.3, 0.4) is 0 Å². The summed E-state index contributed by atoms with van der Waals surface area (Å²) in [5, 5.41) is 6.71. The van der Waals surface area contributed by atoms with Crippen molar-refractivity contribution in [2.45, 2.75) is 26.4 Å². The maximum Gasteiger partial charge on any atom is 0.315 e. The van der Waals surface area contributed by atoms with Gasteiger partial charge in [-0.3, -0.25) is 4.98 Å². The number of nitrogens with one attached hydrogen (secondary N) is 2. The highest BCUT2D eigenvalue weighted by molar-refractivity contribution is 5.84. The number of hydrogen-bond acceptors (Lipinski definition) is 4. The van der Waals surface area contributed by atoms with Crippen molar-refractivity contribution >= 4 is 17.0 Å². The third kappa shape index (κ3) is 3.74. The van der Waals surface area contributed by atoms with Crippen LogP contribution in [0.15, 0.2) is 47.1 Å². The van der Waals surface area contributed by atoms with E-state index in [-0.39, 0.29) is 12.1 Å². The normalized spacial score (nSPS) is 12.0. The van der Waals surface area contributed by atoms with Crippen molar-refractivity contribution in [3.63, 3.8) is 0 Å². The molecule has 0 aliphatic heterocycles. The molecule has 25 heavy (non-hydrogen) atoms. The number of carbonyl (C=O) groups is 1. The summed E-state index contributed by atoms with van der Waals surface area (Å²) in [6, 6.07) is 8.90. The van der Waals surface area contributed by atoms with Gasteiger partial charge >= 0.3 is 6.03 Å². The number of hydrogen-bond donors (Lipinski definition) is 2. The second-order valence-corrected chi connectivity index (χ2v) is 5.86. The number of fused-ring (bicyclic) bond motifs is 1. The highest BCUT2D eigenvalue weighted by Gasteiger charge is 2.18. The quantitative estimate of drug-likeness (QED) is 0.743. The topological polar surface area (TPSA) is 76.4 Å². The molecule has 2 aromatic heterocycles. The highest BCUT2D eigenvalue weighted by atomic mass is 16.5. The summed E-state index contributed by atoms with van der Waals surface area (Å²) in [5.41, 5.74) is 2.71. The average molecular weight is 339 g/mol. The van der Waals surface area contributed by atoms with Gasteiger partial charge in [0.25, 0.3) is 0 Å². The van der Waals surface area contributed by atoms with E-state index >= 15 is 0 Å². The molecule has 0 spiro atoms. The van der Waals surface area contributed by atoms with Crippen molar-refractivity contribution in [3.8, 4) is 5.75 Å². The highest BCUT2D eigenvalue weighted by Crippen LogP contribution is 2.31. The number of furan rings is 1. The summed E-state index contributed by atoms with van der Waals surface area (Å²) < 4.78 is 11.2. The molecule has 130 valence electrons. The van der Waals surface area contributed by atoms with Gasteiger partial charge in [0.15, 0.2) is 0 Å². The van der Waals surface area contributed by atoms with E-state index in [4.69, 9.17) is 9.15 Å². The van der Waals surface area contributed by atoms with Crippen LogP contribution in [-0.2, 0) is 6.54 Å². The van der Waals surface area contributed by atoms with E-state index in [0.717, 1.165) is 33.6 Å². The summed E-state index contributed by atoms with van der Waals surface area (Å²) >= 11 is 0. The number of benzene rings is 1. The first-order chi connectivity index (χ1) is 12.1. The van der Waals surface area contributed by atoms with E-state index in [0.29, 0.717) is 6.54 Å². The second kappa shape index (κ2) is 7.25. The lowest BCUT2D eigenvalue weighted by Gasteiger charge is -2.13. The van der Waals surface area contributed by atoms with E-state index in [9.17, 15) is 4.79 Å². The van der Waals surface area contributed by atoms with Crippen molar-refractivity contribution in [1.29, 1.82) is 0 Å². The Labute approximate surface area is 146 Å². The minimum atomic E-state index is -0.257. The molecule has 6 heteroatoms. The second-order valence-electron chi connectivity index (χ2n) is 5.86. The number of methoxy groups -OCH3 is 1. The number of urea groups is 1. The largest absolute Gasteiger partial charge is 0.497 e. The molecule has 0 radical (unpaired) electrons. The van der Waals surface area contributed by atoms with Gasteiger partial charge in [-0.1, -0.05) is 6.07 Å². The molecule has 0 bridgehead atoms. The Morgan fingerprint density at radius 1 is 1.36 bits per heavy atom. The number of carbonyl (C=O) groups excluding carboxylic acids is 1. The molecule has 3 aromatic rings. The molecule has 0 aliphatic rings. The molecular weight excluding hydrogens is 318 g/mol. The molecule has 2 amide bonds. The summed E-state index contributed by atoms with van der Waals surface area (Å²) in [5.74, 6) is 1.51. The Morgan fingerprint density at radius 2 is 2.20 bits per heavy atom. The maximum atomic E-state index is 12.1. The molecule has 1 aromatic carbocycles. The fourth-order valence-electron chi connectivity index (χ4n) is 2.76. The molecule has 2 heterocycles. The summed E-state index contributed by atoms with van der Waals surface area (Å²) in [6.45, 7) is 4.29. The van der Waals surface area contributed by atoms with Crippen LogP contribution in [-0.4, -0.2) is 18.1 Å². The molecular formula is C19H21N3O3. The Balaban J connectivity index is 1.68.